The zero-order valence-electron chi connectivity index (χ0n) is 21.3. The van der Waals surface area contributed by atoms with Crippen LogP contribution in [0.15, 0.2) is 42.6 Å². The Labute approximate surface area is 222 Å². The van der Waals surface area contributed by atoms with Gasteiger partial charge in [-0.1, -0.05) is 24.1 Å². The molecule has 1 unspecified atom stereocenters. The molecule has 0 saturated carbocycles. The summed E-state index contributed by atoms with van der Waals surface area (Å²) < 4.78 is 38.3. The maximum absolute atomic E-state index is 12.5. The first-order valence-corrected chi connectivity index (χ1v) is 14.6. The van der Waals surface area contributed by atoms with E-state index in [1.807, 2.05) is 50.4 Å². The number of hydrogen-bond acceptors (Lipinski definition) is 7. The van der Waals surface area contributed by atoms with E-state index in [2.05, 4.69) is 32.4 Å². The zero-order valence-corrected chi connectivity index (χ0v) is 23.0. The molecular weight excluding hydrogens is 508 g/mol. The van der Waals surface area contributed by atoms with Gasteiger partial charge in [0.1, 0.15) is 10.8 Å². The summed E-state index contributed by atoms with van der Waals surface area (Å²) in [5.74, 6) is 5.99. The third-order valence-corrected chi connectivity index (χ3v) is 8.48. The lowest BCUT2D eigenvalue weighted by Gasteiger charge is -2.15. The largest absolute Gasteiger partial charge is 0.490 e. The molecule has 0 amide bonds. The van der Waals surface area contributed by atoms with E-state index >= 15 is 0 Å². The third kappa shape index (κ3) is 6.39. The van der Waals surface area contributed by atoms with Gasteiger partial charge in [-0.15, -0.1) is 17.3 Å². The highest BCUT2D eigenvalue weighted by molar-refractivity contribution is 7.89. The average molecular weight is 539 g/mol. The number of rotatable bonds is 9. The Morgan fingerprint density at radius 1 is 1.27 bits per heavy atom. The monoisotopic (exact) mass is 538 g/mol. The van der Waals surface area contributed by atoms with Crippen molar-refractivity contribution in [3.8, 4) is 38.6 Å². The summed E-state index contributed by atoms with van der Waals surface area (Å²) in [4.78, 5) is 17.1. The highest BCUT2D eigenvalue weighted by atomic mass is 32.2. The Kier molecular flexibility index (Phi) is 8.32. The molecule has 1 aromatic heterocycles. The maximum atomic E-state index is 12.5. The maximum Gasteiger partial charge on any atom is 0.306 e. The van der Waals surface area contributed by atoms with E-state index in [9.17, 15) is 13.2 Å². The molecule has 0 saturated heterocycles. The van der Waals surface area contributed by atoms with Gasteiger partial charge in [-0.3, -0.25) is 4.79 Å². The van der Waals surface area contributed by atoms with Crippen molar-refractivity contribution >= 4 is 27.3 Å². The van der Waals surface area contributed by atoms with Crippen molar-refractivity contribution in [2.75, 3.05) is 12.9 Å². The van der Waals surface area contributed by atoms with E-state index in [4.69, 9.17) is 4.74 Å². The second kappa shape index (κ2) is 11.5. The standard InChI is InChI=1S/C28H30N2O5S2/c1-5-7-19-16-20(10-13-25(19)35-18(2)3)28-29-17-26(36-28)23-9-6-8-22-21(23)11-12-24(22)30-37(32,33)15-14-27(31)34-4/h6,8-10,13,16-18,24,30H,11-12,14-15H2,1-4H3. The van der Waals surface area contributed by atoms with Crippen LogP contribution in [0.5, 0.6) is 5.75 Å². The molecule has 1 N–H and O–H groups in total. The van der Waals surface area contributed by atoms with Crippen LogP contribution in [0.3, 0.4) is 0 Å². The van der Waals surface area contributed by atoms with Gasteiger partial charge in [0, 0.05) is 17.8 Å². The molecule has 0 aliphatic heterocycles. The van der Waals surface area contributed by atoms with Gasteiger partial charge in [0.25, 0.3) is 0 Å². The minimum absolute atomic E-state index is 0.0519. The molecule has 194 valence electrons. The Morgan fingerprint density at radius 2 is 2.08 bits per heavy atom. The number of methoxy groups -OCH3 is 1. The summed E-state index contributed by atoms with van der Waals surface area (Å²) in [6.07, 6.45) is 3.15. The Morgan fingerprint density at radius 3 is 2.81 bits per heavy atom. The quantitative estimate of drug-likeness (QED) is 0.301. The van der Waals surface area contributed by atoms with Gasteiger partial charge in [0.2, 0.25) is 10.0 Å². The van der Waals surface area contributed by atoms with Crippen molar-refractivity contribution in [1.29, 1.82) is 0 Å². The number of esters is 1. The number of nitrogens with one attached hydrogen (secondary N) is 1. The second-order valence-corrected chi connectivity index (χ2v) is 11.9. The molecule has 0 spiro atoms. The van der Waals surface area contributed by atoms with Crippen LogP contribution in [-0.2, 0) is 26.0 Å². The number of carbonyl (C=O) groups is 1. The molecule has 0 bridgehead atoms. The van der Waals surface area contributed by atoms with E-state index in [1.54, 1.807) is 18.3 Å². The number of carbonyl (C=O) groups excluding carboxylic acids is 1. The van der Waals surface area contributed by atoms with Gasteiger partial charge >= 0.3 is 5.97 Å². The van der Waals surface area contributed by atoms with Gasteiger partial charge < -0.3 is 9.47 Å². The minimum Gasteiger partial charge on any atom is -0.490 e. The number of aromatic nitrogens is 1. The first kappa shape index (κ1) is 26.9. The fourth-order valence-corrected chi connectivity index (χ4v) is 6.58. The molecule has 1 aliphatic rings. The van der Waals surface area contributed by atoms with Crippen molar-refractivity contribution in [3.63, 3.8) is 0 Å². The molecule has 9 heteroatoms. The Balaban J connectivity index is 1.58. The number of thiazole rings is 1. The van der Waals surface area contributed by atoms with Gasteiger partial charge in [-0.2, -0.15) is 0 Å². The number of sulfonamides is 1. The lowest BCUT2D eigenvalue weighted by molar-refractivity contribution is -0.140. The van der Waals surface area contributed by atoms with Crippen LogP contribution < -0.4 is 9.46 Å². The van der Waals surface area contributed by atoms with Crippen LogP contribution in [0.4, 0.5) is 0 Å². The summed E-state index contributed by atoms with van der Waals surface area (Å²) in [7, 11) is -2.38. The molecule has 37 heavy (non-hydrogen) atoms. The fourth-order valence-electron chi connectivity index (χ4n) is 4.39. The average Bonchev–Trinajstić information content (AvgIpc) is 3.51. The van der Waals surface area contributed by atoms with E-state index in [0.717, 1.165) is 49.9 Å². The van der Waals surface area contributed by atoms with E-state index in [0.29, 0.717) is 6.42 Å². The number of ether oxygens (including phenoxy) is 2. The van der Waals surface area contributed by atoms with Gasteiger partial charge in [0.05, 0.1) is 35.8 Å². The van der Waals surface area contributed by atoms with Crippen LogP contribution >= 0.6 is 11.3 Å². The first-order valence-electron chi connectivity index (χ1n) is 12.1. The van der Waals surface area contributed by atoms with Crippen LogP contribution in [0, 0.1) is 11.8 Å². The predicted octanol–water partition coefficient (Wildman–Crippen LogP) is 5.11. The van der Waals surface area contributed by atoms with Crippen molar-refractivity contribution in [1.82, 2.24) is 9.71 Å². The van der Waals surface area contributed by atoms with E-state index in [1.165, 1.54) is 7.11 Å². The first-order chi connectivity index (χ1) is 17.7. The lowest BCUT2D eigenvalue weighted by atomic mass is 10.0. The summed E-state index contributed by atoms with van der Waals surface area (Å²) in [6, 6.07) is 11.6. The van der Waals surface area contributed by atoms with Crippen molar-refractivity contribution < 1.29 is 22.7 Å². The van der Waals surface area contributed by atoms with Crippen LogP contribution in [0.25, 0.3) is 21.0 Å². The smallest absolute Gasteiger partial charge is 0.306 e. The highest BCUT2D eigenvalue weighted by Gasteiger charge is 2.29. The summed E-state index contributed by atoms with van der Waals surface area (Å²) in [6.45, 7) is 5.77. The van der Waals surface area contributed by atoms with Crippen molar-refractivity contribution in [2.24, 2.45) is 0 Å². The summed E-state index contributed by atoms with van der Waals surface area (Å²) in [5.41, 5.74) is 4.94. The Hall–Kier alpha value is -3.19. The lowest BCUT2D eigenvalue weighted by Crippen LogP contribution is -2.30. The highest BCUT2D eigenvalue weighted by Crippen LogP contribution is 2.41. The minimum atomic E-state index is -3.62. The fraction of sp³-hybridized carbons (Fsp3) is 0.357. The summed E-state index contributed by atoms with van der Waals surface area (Å²) >= 11 is 1.59. The van der Waals surface area contributed by atoms with Crippen molar-refractivity contribution in [3.05, 3.63) is 59.3 Å². The van der Waals surface area contributed by atoms with Crippen LogP contribution in [0.2, 0.25) is 0 Å². The topological polar surface area (TPSA) is 94.6 Å². The molecule has 1 heterocycles. The third-order valence-electron chi connectivity index (χ3n) is 6.02. The van der Waals surface area contributed by atoms with Crippen LogP contribution in [0.1, 0.15) is 56.3 Å². The van der Waals surface area contributed by atoms with Gasteiger partial charge in [-0.05, 0) is 68.5 Å². The molecule has 3 aromatic rings. The molecule has 7 nitrogen and oxygen atoms in total. The molecule has 1 atom stereocenters. The molecular formula is C28H30N2O5S2. The molecule has 2 aromatic carbocycles. The summed E-state index contributed by atoms with van der Waals surface area (Å²) in [5, 5.41) is 0.876. The van der Waals surface area contributed by atoms with Crippen molar-refractivity contribution in [2.45, 2.75) is 52.2 Å². The molecule has 1 aliphatic carbocycles. The van der Waals surface area contributed by atoms with Gasteiger partial charge in [0.15, 0.2) is 0 Å². The molecule has 0 radical (unpaired) electrons. The Bertz CT molecular complexity index is 1470. The molecule has 4 rings (SSSR count). The van der Waals surface area contributed by atoms with E-state index in [-0.39, 0.29) is 24.3 Å². The number of nitrogens with zero attached hydrogens (tertiary/aromatic N) is 1. The van der Waals surface area contributed by atoms with E-state index < -0.39 is 16.0 Å². The number of hydrogen-bond donors (Lipinski definition) is 1. The SMILES string of the molecule is CC#Cc1cc(-c2ncc(-c3cccc4c3CCC4NS(=O)(=O)CCC(=O)OC)s2)ccc1OC(C)C. The number of fused-ring (bicyclic) bond motifs is 1. The van der Waals surface area contributed by atoms with Crippen LogP contribution in [-0.4, -0.2) is 38.3 Å². The second-order valence-electron chi connectivity index (χ2n) is 9.01. The van der Waals surface area contributed by atoms with Gasteiger partial charge in [-0.25, -0.2) is 18.1 Å². The molecule has 0 fully saturated rings. The predicted molar refractivity (Wildman–Crippen MR) is 146 cm³/mol. The zero-order chi connectivity index (χ0) is 26.6. The number of benzene rings is 2. The normalized spacial score (nSPS) is 14.7.